The number of fused-ring (bicyclic) bond motifs is 1. The summed E-state index contributed by atoms with van der Waals surface area (Å²) in [5.74, 6) is 0. The van der Waals surface area contributed by atoms with Crippen LogP contribution >= 0.6 is 7.92 Å². The van der Waals surface area contributed by atoms with Crippen molar-refractivity contribution in [2.24, 2.45) is 0 Å². The van der Waals surface area contributed by atoms with E-state index in [1.807, 2.05) is 0 Å². The second-order valence-electron chi connectivity index (χ2n) is 8.71. The van der Waals surface area contributed by atoms with Crippen LogP contribution in [0.3, 0.4) is 0 Å². The Morgan fingerprint density at radius 2 is 1.29 bits per heavy atom. The number of benzene rings is 5. The highest BCUT2D eigenvalue weighted by molar-refractivity contribution is 7.80. The van der Waals surface area contributed by atoms with Crippen LogP contribution in [0.2, 0.25) is 0 Å². The molecule has 0 radical (unpaired) electrons. The molecule has 0 saturated carbocycles. The van der Waals surface area contributed by atoms with E-state index >= 15 is 0 Å². The van der Waals surface area contributed by atoms with Gasteiger partial charge in [0.2, 0.25) is 0 Å². The van der Waals surface area contributed by atoms with E-state index in [-0.39, 0.29) is 0 Å². The lowest BCUT2D eigenvalue weighted by molar-refractivity contribution is 1.48. The van der Waals surface area contributed by atoms with Crippen LogP contribution in [-0.4, -0.2) is 0 Å². The fraction of sp³-hybridized carbons (Fsp3) is 0.0909. The fourth-order valence-electron chi connectivity index (χ4n) is 4.67. The first-order valence-electron chi connectivity index (χ1n) is 11.8. The van der Waals surface area contributed by atoms with Crippen LogP contribution in [0.4, 0.5) is 0 Å². The standard InChI is InChI=1S/C33H29P/c1-4-25(3)29-22-20-26-13-11-12-18-30(26)33(29)31-21-19-24(2)23-32(31)34(27-14-7-5-8-15-27)28-16-9-6-10-17-28/h4-23H,1-3H3/b25-4+. The zero-order valence-corrected chi connectivity index (χ0v) is 20.9. The number of hydrogen-bond acceptors (Lipinski definition) is 0. The molecule has 0 heterocycles. The van der Waals surface area contributed by atoms with Crippen LogP contribution in [0.5, 0.6) is 0 Å². The fourth-order valence-corrected chi connectivity index (χ4v) is 7.22. The molecule has 5 rings (SSSR count). The van der Waals surface area contributed by atoms with Gasteiger partial charge in [-0.15, -0.1) is 0 Å². The number of rotatable bonds is 5. The topological polar surface area (TPSA) is 0 Å². The molecule has 0 bridgehead atoms. The van der Waals surface area contributed by atoms with Gasteiger partial charge in [-0.05, 0) is 77.6 Å². The minimum atomic E-state index is -0.717. The van der Waals surface area contributed by atoms with Gasteiger partial charge in [0.05, 0.1) is 0 Å². The Bertz CT molecular complexity index is 1420. The van der Waals surface area contributed by atoms with Crippen molar-refractivity contribution in [3.05, 3.63) is 132 Å². The minimum Gasteiger partial charge on any atom is -0.0841 e. The predicted octanol–water partition coefficient (Wildman–Crippen LogP) is 8.00. The summed E-state index contributed by atoms with van der Waals surface area (Å²) in [5, 5.41) is 6.75. The second kappa shape index (κ2) is 9.80. The summed E-state index contributed by atoms with van der Waals surface area (Å²) in [4.78, 5) is 0. The second-order valence-corrected chi connectivity index (χ2v) is 10.9. The first kappa shape index (κ1) is 22.3. The van der Waals surface area contributed by atoms with Crippen LogP contribution in [0.1, 0.15) is 25.0 Å². The third-order valence-electron chi connectivity index (χ3n) is 6.48. The highest BCUT2D eigenvalue weighted by Crippen LogP contribution is 2.42. The molecule has 0 spiro atoms. The van der Waals surface area contributed by atoms with E-state index in [0.29, 0.717) is 0 Å². The number of allylic oxidation sites excluding steroid dienone is 2. The molecule has 0 unspecified atom stereocenters. The Hall–Kier alpha value is -3.47. The maximum atomic E-state index is 2.41. The van der Waals surface area contributed by atoms with E-state index in [0.717, 1.165) is 0 Å². The van der Waals surface area contributed by atoms with Crippen molar-refractivity contribution in [1.29, 1.82) is 0 Å². The van der Waals surface area contributed by atoms with Gasteiger partial charge in [0.25, 0.3) is 0 Å². The van der Waals surface area contributed by atoms with Crippen molar-refractivity contribution in [2.45, 2.75) is 20.8 Å². The zero-order chi connectivity index (χ0) is 23.5. The molecular formula is C33H29P. The van der Waals surface area contributed by atoms with Gasteiger partial charge in [-0.25, -0.2) is 0 Å². The quantitative estimate of drug-likeness (QED) is 0.235. The Morgan fingerprint density at radius 1 is 0.676 bits per heavy atom. The van der Waals surface area contributed by atoms with E-state index in [4.69, 9.17) is 0 Å². The van der Waals surface area contributed by atoms with Gasteiger partial charge in [-0.2, -0.15) is 0 Å². The van der Waals surface area contributed by atoms with Crippen molar-refractivity contribution in [3.8, 4) is 11.1 Å². The normalized spacial score (nSPS) is 11.8. The van der Waals surface area contributed by atoms with Gasteiger partial charge in [0.15, 0.2) is 0 Å². The molecule has 1 heteroatoms. The molecule has 166 valence electrons. The van der Waals surface area contributed by atoms with Gasteiger partial charge in [-0.3, -0.25) is 0 Å². The zero-order valence-electron chi connectivity index (χ0n) is 20.0. The summed E-state index contributed by atoms with van der Waals surface area (Å²) >= 11 is 0. The molecule has 0 aromatic heterocycles. The van der Waals surface area contributed by atoms with E-state index in [2.05, 4.69) is 142 Å². The van der Waals surface area contributed by atoms with Crippen LogP contribution in [0.15, 0.2) is 121 Å². The lowest BCUT2D eigenvalue weighted by Gasteiger charge is -2.25. The molecule has 0 aliphatic rings. The number of aryl methyl sites for hydroxylation is 1. The number of hydrogen-bond donors (Lipinski definition) is 0. The lowest BCUT2D eigenvalue weighted by Crippen LogP contribution is -2.22. The molecule has 0 atom stereocenters. The van der Waals surface area contributed by atoms with Crippen molar-refractivity contribution in [1.82, 2.24) is 0 Å². The summed E-state index contributed by atoms with van der Waals surface area (Å²) in [6, 6.07) is 42.4. The molecule has 0 N–H and O–H groups in total. The smallest absolute Gasteiger partial charge is 0.00236 e. The highest BCUT2D eigenvalue weighted by Gasteiger charge is 2.23. The molecule has 0 nitrogen and oxygen atoms in total. The SMILES string of the molecule is C/C=C(\C)c1ccc2ccccc2c1-c1ccc(C)cc1P(c1ccccc1)c1ccccc1. The average Bonchev–Trinajstić information content (AvgIpc) is 2.89. The van der Waals surface area contributed by atoms with Crippen molar-refractivity contribution in [2.75, 3.05) is 0 Å². The van der Waals surface area contributed by atoms with Gasteiger partial charge in [0, 0.05) is 0 Å². The third-order valence-corrected chi connectivity index (χ3v) is 8.96. The largest absolute Gasteiger partial charge is 0.0841 e. The molecule has 5 aromatic rings. The monoisotopic (exact) mass is 456 g/mol. The summed E-state index contributed by atoms with van der Waals surface area (Å²) in [7, 11) is -0.717. The Labute approximate surface area is 204 Å². The molecule has 0 aliphatic heterocycles. The van der Waals surface area contributed by atoms with Crippen molar-refractivity contribution < 1.29 is 0 Å². The van der Waals surface area contributed by atoms with Crippen LogP contribution in [0.25, 0.3) is 27.5 Å². The van der Waals surface area contributed by atoms with Crippen LogP contribution in [0, 0.1) is 6.92 Å². The van der Waals surface area contributed by atoms with E-state index < -0.39 is 7.92 Å². The van der Waals surface area contributed by atoms with Gasteiger partial charge in [0.1, 0.15) is 0 Å². The van der Waals surface area contributed by atoms with Crippen molar-refractivity contribution in [3.63, 3.8) is 0 Å². The maximum absolute atomic E-state index is 2.41. The first-order chi connectivity index (χ1) is 16.7. The molecule has 34 heavy (non-hydrogen) atoms. The van der Waals surface area contributed by atoms with E-state index in [1.54, 1.807) is 0 Å². The highest BCUT2D eigenvalue weighted by atomic mass is 31.1. The van der Waals surface area contributed by atoms with Crippen LogP contribution < -0.4 is 15.9 Å². The molecule has 5 aromatic carbocycles. The van der Waals surface area contributed by atoms with E-state index in [1.165, 1.54) is 54.5 Å². The minimum absolute atomic E-state index is 0.717. The molecule has 0 aliphatic carbocycles. The predicted molar refractivity (Wildman–Crippen MR) is 152 cm³/mol. The summed E-state index contributed by atoms with van der Waals surface area (Å²) in [6.07, 6.45) is 2.22. The molecule has 0 amide bonds. The molecular weight excluding hydrogens is 427 g/mol. The van der Waals surface area contributed by atoms with Crippen molar-refractivity contribution >= 4 is 40.2 Å². The summed E-state index contributed by atoms with van der Waals surface area (Å²) in [5.41, 5.74) is 6.57. The van der Waals surface area contributed by atoms with Gasteiger partial charge < -0.3 is 0 Å². The lowest BCUT2D eigenvalue weighted by atomic mass is 9.89. The average molecular weight is 457 g/mol. The first-order valence-corrected chi connectivity index (χ1v) is 13.2. The van der Waals surface area contributed by atoms with E-state index in [9.17, 15) is 0 Å². The Balaban J connectivity index is 1.88. The molecule has 0 saturated heterocycles. The Morgan fingerprint density at radius 3 is 1.94 bits per heavy atom. The summed E-state index contributed by atoms with van der Waals surface area (Å²) in [6.45, 7) is 6.56. The van der Waals surface area contributed by atoms with Gasteiger partial charge in [-0.1, -0.05) is 127 Å². The maximum Gasteiger partial charge on any atom is -0.00236 e. The van der Waals surface area contributed by atoms with Crippen LogP contribution in [-0.2, 0) is 0 Å². The van der Waals surface area contributed by atoms with Gasteiger partial charge >= 0.3 is 0 Å². The Kier molecular flexibility index (Phi) is 6.43. The third kappa shape index (κ3) is 4.23. The summed E-state index contributed by atoms with van der Waals surface area (Å²) < 4.78 is 0. The molecule has 0 fully saturated rings.